The van der Waals surface area contributed by atoms with E-state index < -0.39 is 6.10 Å². The highest BCUT2D eigenvalue weighted by molar-refractivity contribution is 6.00. The Kier molecular flexibility index (Phi) is 4.00. The Morgan fingerprint density at radius 1 is 1.50 bits per heavy atom. The maximum absolute atomic E-state index is 12.9. The maximum atomic E-state index is 12.9. The fourth-order valence-corrected chi connectivity index (χ4v) is 3.07. The smallest absolute Gasteiger partial charge is 0.261 e. The molecule has 2 aliphatic rings. The van der Waals surface area contributed by atoms with Gasteiger partial charge in [0.15, 0.2) is 0 Å². The maximum Gasteiger partial charge on any atom is 0.261 e. The Labute approximate surface area is 130 Å². The summed E-state index contributed by atoms with van der Waals surface area (Å²) in [6.07, 6.45) is 0.994. The van der Waals surface area contributed by atoms with Crippen molar-refractivity contribution < 1.29 is 19.4 Å². The monoisotopic (exact) mass is 305 g/mol. The fraction of sp³-hybridized carbons (Fsp3) is 0.588. The van der Waals surface area contributed by atoms with Gasteiger partial charge in [-0.2, -0.15) is 0 Å². The first-order valence-electron chi connectivity index (χ1n) is 7.92. The van der Waals surface area contributed by atoms with E-state index in [9.17, 15) is 9.90 Å². The van der Waals surface area contributed by atoms with Crippen molar-refractivity contribution in [3.05, 3.63) is 23.3 Å². The number of benzene rings is 1. The summed E-state index contributed by atoms with van der Waals surface area (Å²) in [4.78, 5) is 14.6. The molecule has 0 spiro atoms. The minimum absolute atomic E-state index is 0.0296. The molecular formula is C17H23NO4. The van der Waals surface area contributed by atoms with Crippen LogP contribution in [-0.2, 0) is 0 Å². The number of aliphatic hydroxyl groups is 1. The van der Waals surface area contributed by atoms with E-state index >= 15 is 0 Å². The molecule has 3 atom stereocenters. The molecule has 22 heavy (non-hydrogen) atoms. The molecule has 0 bridgehead atoms. The van der Waals surface area contributed by atoms with Crippen LogP contribution in [0.5, 0.6) is 11.5 Å². The second kappa shape index (κ2) is 5.80. The number of amides is 1. The predicted molar refractivity (Wildman–Crippen MR) is 82.5 cm³/mol. The third-order valence-electron chi connectivity index (χ3n) is 4.41. The van der Waals surface area contributed by atoms with Crippen molar-refractivity contribution in [1.29, 1.82) is 0 Å². The van der Waals surface area contributed by atoms with E-state index in [4.69, 9.17) is 9.47 Å². The van der Waals surface area contributed by atoms with E-state index in [0.29, 0.717) is 36.6 Å². The van der Waals surface area contributed by atoms with Gasteiger partial charge in [-0.3, -0.25) is 4.79 Å². The third kappa shape index (κ3) is 2.65. The largest absolute Gasteiger partial charge is 0.490 e. The normalized spacial score (nSPS) is 25.1. The van der Waals surface area contributed by atoms with E-state index in [2.05, 4.69) is 0 Å². The Bertz CT molecular complexity index is 586. The number of hydrogen-bond acceptors (Lipinski definition) is 4. The second-order valence-corrected chi connectivity index (χ2v) is 6.28. The van der Waals surface area contributed by atoms with E-state index in [1.807, 2.05) is 32.9 Å². The molecule has 2 aliphatic heterocycles. The third-order valence-corrected chi connectivity index (χ3v) is 4.41. The summed E-state index contributed by atoms with van der Waals surface area (Å²) in [6, 6.07) is 3.71. The van der Waals surface area contributed by atoms with E-state index in [0.717, 1.165) is 12.0 Å². The molecule has 0 radical (unpaired) electrons. The van der Waals surface area contributed by atoms with Crippen molar-refractivity contribution in [3.63, 3.8) is 0 Å². The van der Waals surface area contributed by atoms with Crippen LogP contribution in [0.15, 0.2) is 12.1 Å². The number of rotatable bonds is 3. The lowest BCUT2D eigenvalue weighted by molar-refractivity contribution is 0.0704. The van der Waals surface area contributed by atoms with Crippen molar-refractivity contribution in [1.82, 2.24) is 4.90 Å². The zero-order valence-corrected chi connectivity index (χ0v) is 13.3. The molecule has 3 rings (SSSR count). The molecule has 0 unspecified atom stereocenters. The zero-order valence-electron chi connectivity index (χ0n) is 13.3. The van der Waals surface area contributed by atoms with Gasteiger partial charge in [-0.25, -0.2) is 0 Å². The minimum atomic E-state index is -0.469. The average Bonchev–Trinajstić information content (AvgIpc) is 2.79. The first-order valence-corrected chi connectivity index (χ1v) is 7.92. The molecule has 1 saturated heterocycles. The van der Waals surface area contributed by atoms with Gasteiger partial charge in [0, 0.05) is 6.54 Å². The number of fused-ring (bicyclic) bond motifs is 2. The number of aliphatic hydroxyl groups excluding tert-OH is 1. The van der Waals surface area contributed by atoms with Crippen molar-refractivity contribution in [3.8, 4) is 11.5 Å². The van der Waals surface area contributed by atoms with Gasteiger partial charge in [0.05, 0.1) is 18.2 Å². The highest BCUT2D eigenvalue weighted by Crippen LogP contribution is 2.37. The molecule has 1 N–H and O–H groups in total. The molecule has 0 aromatic heterocycles. The molecule has 0 saturated carbocycles. The summed E-state index contributed by atoms with van der Waals surface area (Å²) in [5.41, 5.74) is 1.49. The van der Waals surface area contributed by atoms with Gasteiger partial charge in [0.1, 0.15) is 23.7 Å². The molecular weight excluding hydrogens is 282 g/mol. The summed E-state index contributed by atoms with van der Waals surface area (Å²) in [7, 11) is 0. The summed E-state index contributed by atoms with van der Waals surface area (Å²) in [6.45, 7) is 6.78. The summed E-state index contributed by atoms with van der Waals surface area (Å²) < 4.78 is 11.8. The van der Waals surface area contributed by atoms with Crippen LogP contribution >= 0.6 is 0 Å². The minimum Gasteiger partial charge on any atom is -0.490 e. The van der Waals surface area contributed by atoms with Crippen molar-refractivity contribution >= 4 is 5.91 Å². The molecule has 2 heterocycles. The number of carbonyl (C=O) groups excluding carboxylic acids is 1. The van der Waals surface area contributed by atoms with Crippen LogP contribution < -0.4 is 9.47 Å². The van der Waals surface area contributed by atoms with Gasteiger partial charge in [0.25, 0.3) is 5.91 Å². The SMILES string of the molecule is CC[C@@H](C)Oc1cc(C)cc2c1C(=O)N1C[C@H](O)C[C@@H]1CO2. The lowest BCUT2D eigenvalue weighted by Crippen LogP contribution is -2.37. The first-order chi connectivity index (χ1) is 10.5. The first kappa shape index (κ1) is 15.2. The van der Waals surface area contributed by atoms with Crippen LogP contribution in [0.2, 0.25) is 0 Å². The molecule has 1 fully saturated rings. The van der Waals surface area contributed by atoms with Gasteiger partial charge in [-0.15, -0.1) is 0 Å². The lowest BCUT2D eigenvalue weighted by atomic mass is 10.1. The highest BCUT2D eigenvalue weighted by atomic mass is 16.5. The Morgan fingerprint density at radius 3 is 3.00 bits per heavy atom. The van der Waals surface area contributed by atoms with Crippen LogP contribution in [0.3, 0.4) is 0 Å². The van der Waals surface area contributed by atoms with Crippen LogP contribution in [0.25, 0.3) is 0 Å². The topological polar surface area (TPSA) is 59.0 Å². The van der Waals surface area contributed by atoms with Crippen molar-refractivity contribution in [2.45, 2.75) is 51.9 Å². The van der Waals surface area contributed by atoms with Crippen LogP contribution in [0.4, 0.5) is 0 Å². The van der Waals surface area contributed by atoms with E-state index in [1.165, 1.54) is 0 Å². The van der Waals surface area contributed by atoms with E-state index in [-0.39, 0.29) is 18.1 Å². The van der Waals surface area contributed by atoms with Crippen LogP contribution in [0, 0.1) is 6.92 Å². The zero-order chi connectivity index (χ0) is 15.9. The second-order valence-electron chi connectivity index (χ2n) is 6.28. The predicted octanol–water partition coefficient (Wildman–Crippen LogP) is 2.14. The van der Waals surface area contributed by atoms with Gasteiger partial charge in [0.2, 0.25) is 0 Å². The van der Waals surface area contributed by atoms with Gasteiger partial charge < -0.3 is 19.5 Å². The molecule has 1 amide bonds. The molecule has 0 aliphatic carbocycles. The quantitative estimate of drug-likeness (QED) is 0.929. The van der Waals surface area contributed by atoms with E-state index in [1.54, 1.807) is 4.90 Å². The fourth-order valence-electron chi connectivity index (χ4n) is 3.07. The average molecular weight is 305 g/mol. The van der Waals surface area contributed by atoms with Gasteiger partial charge >= 0.3 is 0 Å². The number of ether oxygens (including phenoxy) is 2. The molecule has 5 nitrogen and oxygen atoms in total. The van der Waals surface area contributed by atoms with Crippen LogP contribution in [0.1, 0.15) is 42.6 Å². The molecule has 5 heteroatoms. The Balaban J connectivity index is 2.02. The van der Waals surface area contributed by atoms with Crippen LogP contribution in [-0.4, -0.2) is 47.3 Å². The summed E-state index contributed by atoms with van der Waals surface area (Å²) >= 11 is 0. The standard InChI is InChI=1S/C17H23NO4/c1-4-11(3)22-15-6-10(2)5-14-16(15)17(20)18-8-13(19)7-12(18)9-21-14/h5-6,11-13,19H,4,7-9H2,1-3H3/t11-,12-,13-/m1/s1. The number of nitrogens with zero attached hydrogens (tertiary/aromatic N) is 1. The number of aryl methyl sites for hydroxylation is 1. The van der Waals surface area contributed by atoms with Crippen molar-refractivity contribution in [2.75, 3.05) is 13.2 Å². The Morgan fingerprint density at radius 2 is 2.27 bits per heavy atom. The Hall–Kier alpha value is -1.75. The van der Waals surface area contributed by atoms with Gasteiger partial charge in [-0.1, -0.05) is 6.92 Å². The lowest BCUT2D eigenvalue weighted by Gasteiger charge is -2.22. The van der Waals surface area contributed by atoms with Gasteiger partial charge in [-0.05, 0) is 44.4 Å². The molecule has 1 aromatic carbocycles. The summed E-state index contributed by atoms with van der Waals surface area (Å²) in [5.74, 6) is 1.07. The highest BCUT2D eigenvalue weighted by Gasteiger charge is 2.40. The molecule has 120 valence electrons. The summed E-state index contributed by atoms with van der Waals surface area (Å²) in [5, 5.41) is 9.83. The van der Waals surface area contributed by atoms with Crippen molar-refractivity contribution in [2.24, 2.45) is 0 Å². The number of hydrogen-bond donors (Lipinski definition) is 1. The number of carbonyl (C=O) groups is 1. The molecule has 1 aromatic rings.